The number of anilines is 1. The quantitative estimate of drug-likeness (QED) is 0.601. The summed E-state index contributed by atoms with van der Waals surface area (Å²) in [6.45, 7) is 3.30. The summed E-state index contributed by atoms with van der Waals surface area (Å²) < 4.78 is 41.7. The maximum Gasteiger partial charge on any atom is 0.434 e. The molecular formula is C19H18F3N3OS. The van der Waals surface area contributed by atoms with E-state index in [1.54, 1.807) is 0 Å². The number of pyridine rings is 1. The lowest BCUT2D eigenvalue weighted by atomic mass is 9.96. The number of halogens is 3. The second kappa shape index (κ2) is 8.39. The number of aromatic nitrogens is 2. The van der Waals surface area contributed by atoms with Crippen molar-refractivity contribution in [3.63, 3.8) is 0 Å². The van der Waals surface area contributed by atoms with E-state index in [0.29, 0.717) is 6.10 Å². The molecule has 142 valence electrons. The summed E-state index contributed by atoms with van der Waals surface area (Å²) in [4.78, 5) is 7.65. The van der Waals surface area contributed by atoms with Crippen LogP contribution in [0.3, 0.4) is 0 Å². The number of benzene rings is 1. The number of nitrogens with one attached hydrogen (secondary N) is 1. The van der Waals surface area contributed by atoms with Crippen molar-refractivity contribution in [1.29, 1.82) is 0 Å². The smallest absolute Gasteiger partial charge is 0.434 e. The second-order valence-corrected chi connectivity index (χ2v) is 6.74. The Kier molecular flexibility index (Phi) is 5.95. The van der Waals surface area contributed by atoms with Crippen LogP contribution in [0.1, 0.15) is 25.0 Å². The average Bonchev–Trinajstić information content (AvgIpc) is 3.08. The average molecular weight is 393 g/mol. The van der Waals surface area contributed by atoms with E-state index >= 15 is 0 Å². The number of nitrogens with zero attached hydrogens (tertiary/aromatic N) is 2. The highest BCUT2D eigenvalue weighted by Gasteiger charge is 2.33. The van der Waals surface area contributed by atoms with Gasteiger partial charge in [-0.25, -0.2) is 4.98 Å². The number of thiazole rings is 1. The van der Waals surface area contributed by atoms with E-state index in [9.17, 15) is 13.2 Å². The van der Waals surface area contributed by atoms with Gasteiger partial charge >= 0.3 is 6.18 Å². The third-order valence-electron chi connectivity index (χ3n) is 3.96. The van der Waals surface area contributed by atoms with Crippen molar-refractivity contribution in [3.8, 4) is 5.75 Å². The molecule has 1 N–H and O–H groups in total. The Hall–Kier alpha value is -2.61. The minimum atomic E-state index is -4.36. The van der Waals surface area contributed by atoms with Crippen molar-refractivity contribution in [3.05, 3.63) is 60.4 Å². The number of fused-ring (bicyclic) bond motifs is 1. The summed E-state index contributed by atoms with van der Waals surface area (Å²) in [5, 5.41) is 4.76. The molecule has 0 unspecified atom stereocenters. The lowest BCUT2D eigenvalue weighted by molar-refractivity contribution is -0.140. The van der Waals surface area contributed by atoms with Crippen LogP contribution in [0.5, 0.6) is 5.75 Å². The minimum absolute atomic E-state index is 0.192. The van der Waals surface area contributed by atoms with Crippen molar-refractivity contribution in [2.45, 2.75) is 31.5 Å². The van der Waals surface area contributed by atoms with Gasteiger partial charge in [-0.1, -0.05) is 24.8 Å². The standard InChI is InChI=1S/C13H13NO.C6H5F3N2S/c1-4-10-5-3-9-14-13(10)12(8-1)15-11-6-2-7-11;1-2-10-5-11-4(3-12-5)6(7,8)9/h1,3-5,8-9,11H,2,6-7H2;2-3H,1H2,(H,10,11). The van der Waals surface area contributed by atoms with Crippen molar-refractivity contribution in [1.82, 2.24) is 9.97 Å². The van der Waals surface area contributed by atoms with Crippen LogP contribution >= 0.6 is 11.3 Å². The first kappa shape index (κ1) is 19.2. The Morgan fingerprint density at radius 3 is 2.63 bits per heavy atom. The number of hydrogen-bond donors (Lipinski definition) is 1. The largest absolute Gasteiger partial charge is 0.488 e. The van der Waals surface area contributed by atoms with E-state index in [-0.39, 0.29) is 5.13 Å². The van der Waals surface area contributed by atoms with E-state index < -0.39 is 11.9 Å². The zero-order valence-electron chi connectivity index (χ0n) is 14.4. The first-order chi connectivity index (χ1) is 13.0. The zero-order valence-corrected chi connectivity index (χ0v) is 15.2. The number of alkyl halides is 3. The molecule has 2 aromatic heterocycles. The molecule has 4 rings (SSSR count). The Balaban J connectivity index is 0.000000161. The molecule has 1 aromatic carbocycles. The molecule has 2 heterocycles. The van der Waals surface area contributed by atoms with Crippen LogP contribution in [-0.2, 0) is 6.18 Å². The summed E-state index contributed by atoms with van der Waals surface area (Å²) in [6, 6.07) is 10.1. The number of para-hydroxylation sites is 1. The topological polar surface area (TPSA) is 47.0 Å². The molecule has 4 nitrogen and oxygen atoms in total. The Morgan fingerprint density at radius 2 is 2.00 bits per heavy atom. The highest BCUT2D eigenvalue weighted by Crippen LogP contribution is 2.31. The van der Waals surface area contributed by atoms with Gasteiger partial charge < -0.3 is 10.1 Å². The van der Waals surface area contributed by atoms with Crippen molar-refractivity contribution in [2.24, 2.45) is 0 Å². The molecule has 0 amide bonds. The van der Waals surface area contributed by atoms with Crippen LogP contribution in [0.25, 0.3) is 10.9 Å². The predicted molar refractivity (Wildman–Crippen MR) is 101 cm³/mol. The molecule has 3 aromatic rings. The minimum Gasteiger partial charge on any atom is -0.488 e. The normalized spacial score (nSPS) is 14.0. The number of rotatable bonds is 4. The lowest BCUT2D eigenvalue weighted by Crippen LogP contribution is -2.24. The van der Waals surface area contributed by atoms with Gasteiger partial charge in [0, 0.05) is 17.0 Å². The molecule has 0 bridgehead atoms. The summed E-state index contributed by atoms with van der Waals surface area (Å²) in [6.07, 6.45) is 2.81. The highest BCUT2D eigenvalue weighted by molar-refractivity contribution is 7.13. The maximum absolute atomic E-state index is 11.9. The van der Waals surface area contributed by atoms with Crippen LogP contribution in [0, 0.1) is 0 Å². The first-order valence-electron chi connectivity index (χ1n) is 8.38. The van der Waals surface area contributed by atoms with Crippen LogP contribution < -0.4 is 10.1 Å². The molecule has 0 atom stereocenters. The van der Waals surface area contributed by atoms with Gasteiger partial charge in [-0.15, -0.1) is 11.3 Å². The molecule has 1 aliphatic carbocycles. The molecule has 1 fully saturated rings. The SMILES string of the molecule is C=CNc1nc(C(F)(F)F)cs1.c1cnc2c(OC3CCC3)cccc2c1. The van der Waals surface area contributed by atoms with Gasteiger partial charge in [0.05, 0.1) is 6.10 Å². The molecule has 0 radical (unpaired) electrons. The van der Waals surface area contributed by atoms with Crippen molar-refractivity contribution >= 4 is 27.4 Å². The van der Waals surface area contributed by atoms with Crippen LogP contribution in [0.4, 0.5) is 18.3 Å². The Labute approximate surface area is 158 Å². The second-order valence-electron chi connectivity index (χ2n) is 5.89. The molecule has 27 heavy (non-hydrogen) atoms. The van der Waals surface area contributed by atoms with E-state index in [2.05, 4.69) is 34.0 Å². The van der Waals surface area contributed by atoms with Gasteiger partial charge in [-0.05, 0) is 37.6 Å². The number of hydrogen-bond acceptors (Lipinski definition) is 5. The first-order valence-corrected chi connectivity index (χ1v) is 9.26. The molecule has 0 aliphatic heterocycles. The van der Waals surface area contributed by atoms with Crippen molar-refractivity contribution < 1.29 is 17.9 Å². The van der Waals surface area contributed by atoms with Gasteiger partial charge in [0.15, 0.2) is 10.8 Å². The fraction of sp³-hybridized carbons (Fsp3) is 0.263. The summed E-state index contributed by atoms with van der Waals surface area (Å²) >= 11 is 0.888. The maximum atomic E-state index is 11.9. The molecule has 8 heteroatoms. The van der Waals surface area contributed by atoms with Crippen molar-refractivity contribution in [2.75, 3.05) is 5.32 Å². The molecule has 0 saturated heterocycles. The molecule has 1 saturated carbocycles. The van der Waals surface area contributed by atoms with E-state index in [1.807, 2.05) is 24.4 Å². The summed E-state index contributed by atoms with van der Waals surface area (Å²) in [7, 11) is 0. The van der Waals surface area contributed by atoms with E-state index in [0.717, 1.165) is 33.4 Å². The van der Waals surface area contributed by atoms with E-state index in [4.69, 9.17) is 4.74 Å². The number of ether oxygens (including phenoxy) is 1. The summed E-state index contributed by atoms with van der Waals surface area (Å²) in [5.41, 5.74) is 0.101. The van der Waals surface area contributed by atoms with Crippen LogP contribution in [-0.4, -0.2) is 16.1 Å². The highest BCUT2D eigenvalue weighted by atomic mass is 32.1. The van der Waals surface area contributed by atoms with Gasteiger partial charge in [-0.2, -0.15) is 13.2 Å². The Morgan fingerprint density at radius 1 is 1.22 bits per heavy atom. The van der Waals surface area contributed by atoms with Gasteiger partial charge in [0.25, 0.3) is 0 Å². The van der Waals surface area contributed by atoms with Crippen LogP contribution in [0.15, 0.2) is 54.7 Å². The lowest BCUT2D eigenvalue weighted by Gasteiger charge is -2.26. The van der Waals surface area contributed by atoms with Gasteiger partial charge in [0.2, 0.25) is 0 Å². The van der Waals surface area contributed by atoms with E-state index in [1.165, 1.54) is 25.5 Å². The monoisotopic (exact) mass is 393 g/mol. The Bertz CT molecular complexity index is 901. The third-order valence-corrected chi connectivity index (χ3v) is 4.74. The molecular weight excluding hydrogens is 375 g/mol. The fourth-order valence-electron chi connectivity index (χ4n) is 2.40. The fourth-order valence-corrected chi connectivity index (χ4v) is 3.11. The summed E-state index contributed by atoms with van der Waals surface area (Å²) in [5.74, 6) is 0.929. The van der Waals surface area contributed by atoms with Crippen LogP contribution in [0.2, 0.25) is 0 Å². The molecule has 0 spiro atoms. The zero-order chi connectivity index (χ0) is 19.3. The predicted octanol–water partition coefficient (Wildman–Crippen LogP) is 5.88. The molecule has 1 aliphatic rings. The van der Waals surface area contributed by atoms with Gasteiger partial charge in [0.1, 0.15) is 11.3 Å². The third kappa shape index (κ3) is 4.97. The van der Waals surface area contributed by atoms with Gasteiger partial charge in [-0.3, -0.25) is 4.98 Å².